The molecule has 184 valence electrons. The summed E-state index contributed by atoms with van der Waals surface area (Å²) < 4.78 is 13.0. The van der Waals surface area contributed by atoms with Gasteiger partial charge < -0.3 is 14.4 Å². The van der Waals surface area contributed by atoms with Crippen molar-refractivity contribution < 1.29 is 14.3 Å². The average molecular weight is 479 g/mol. The van der Waals surface area contributed by atoms with Crippen LogP contribution in [-0.2, 0) is 16.0 Å². The highest BCUT2D eigenvalue weighted by molar-refractivity contribution is 7.10. The number of carbonyl (C=O) groups is 1. The molecule has 0 bridgehead atoms. The molecule has 1 fully saturated rings. The molecule has 1 N–H and O–H groups in total. The first-order valence-electron chi connectivity index (χ1n) is 11.8. The van der Waals surface area contributed by atoms with Crippen molar-refractivity contribution in [1.82, 2.24) is 30.4 Å². The Morgan fingerprint density at radius 3 is 2.64 bits per heavy atom. The topological polar surface area (TPSA) is 94.4 Å². The Labute approximate surface area is 200 Å². The summed E-state index contributed by atoms with van der Waals surface area (Å²) in [6, 6.07) is 4.29. The molecule has 2 atom stereocenters. The average Bonchev–Trinajstić information content (AvgIpc) is 3.41. The molecule has 9 nitrogen and oxygen atoms in total. The van der Waals surface area contributed by atoms with E-state index in [0.717, 1.165) is 18.7 Å². The van der Waals surface area contributed by atoms with Crippen LogP contribution in [-0.4, -0.2) is 63.1 Å². The highest BCUT2D eigenvalue weighted by atomic mass is 32.1. The molecular formula is C23H38N6O3S. The second kappa shape index (κ2) is 10.9. The molecule has 10 heteroatoms. The number of aromatic nitrogens is 4. The van der Waals surface area contributed by atoms with Gasteiger partial charge in [0.25, 0.3) is 0 Å². The van der Waals surface area contributed by atoms with Gasteiger partial charge in [0.15, 0.2) is 5.82 Å². The number of rotatable bonds is 11. The summed E-state index contributed by atoms with van der Waals surface area (Å²) in [5.41, 5.74) is -0.714. The lowest BCUT2D eigenvalue weighted by atomic mass is 9.70. The molecule has 0 aromatic carbocycles. The van der Waals surface area contributed by atoms with Crippen molar-refractivity contribution in [2.24, 2.45) is 5.41 Å². The molecule has 0 radical (unpaired) electrons. The van der Waals surface area contributed by atoms with Crippen molar-refractivity contribution in [2.45, 2.75) is 78.6 Å². The second-order valence-corrected chi connectivity index (χ2v) is 10.6. The van der Waals surface area contributed by atoms with Crippen LogP contribution in [0.1, 0.15) is 77.2 Å². The van der Waals surface area contributed by atoms with Gasteiger partial charge in [-0.1, -0.05) is 19.9 Å². The monoisotopic (exact) mass is 478 g/mol. The molecule has 1 aliphatic heterocycles. The maximum absolute atomic E-state index is 12.7. The molecule has 3 rings (SSSR count). The lowest BCUT2D eigenvalue weighted by Gasteiger charge is -2.53. The van der Waals surface area contributed by atoms with Crippen molar-refractivity contribution in [2.75, 3.05) is 26.3 Å². The molecule has 2 aromatic rings. The van der Waals surface area contributed by atoms with E-state index in [4.69, 9.17) is 9.47 Å². The van der Waals surface area contributed by atoms with Gasteiger partial charge in [-0.3, -0.25) is 5.32 Å². The van der Waals surface area contributed by atoms with E-state index < -0.39 is 5.60 Å². The van der Waals surface area contributed by atoms with Gasteiger partial charge in [0, 0.05) is 36.0 Å². The summed E-state index contributed by atoms with van der Waals surface area (Å²) in [5, 5.41) is 18.6. The number of hydrogen-bond acceptors (Lipinski definition) is 8. The number of carbonyl (C=O) groups excluding carboxylic acids is 1. The Balaban J connectivity index is 1.87. The quantitative estimate of drug-likeness (QED) is 0.484. The standard InChI is InChI=1S/C23H38N6O3S/c1-7-17(18-11-10-14-33-18)24-19(20-25-26-27-29(20)12-13-31-9-3)23(8-2)15-28(16-23)21(30)32-22(4,5)6/h10-11,14,17,19,24H,7-9,12-13,15-16H2,1-6H3. The zero-order valence-corrected chi connectivity index (χ0v) is 21.5. The molecule has 3 heterocycles. The molecule has 0 saturated carbocycles. The summed E-state index contributed by atoms with van der Waals surface area (Å²) in [6.45, 7) is 15.0. The van der Waals surface area contributed by atoms with Crippen molar-refractivity contribution in [1.29, 1.82) is 0 Å². The van der Waals surface area contributed by atoms with Crippen LogP contribution in [0.4, 0.5) is 4.79 Å². The van der Waals surface area contributed by atoms with Crippen LogP contribution in [0.3, 0.4) is 0 Å². The number of nitrogens with zero attached hydrogens (tertiary/aromatic N) is 5. The lowest BCUT2D eigenvalue weighted by Crippen LogP contribution is -2.64. The van der Waals surface area contributed by atoms with Crippen molar-refractivity contribution >= 4 is 17.4 Å². The summed E-state index contributed by atoms with van der Waals surface area (Å²) in [4.78, 5) is 15.7. The molecule has 1 aliphatic rings. The van der Waals surface area contributed by atoms with Crippen LogP contribution >= 0.6 is 11.3 Å². The zero-order chi connectivity index (χ0) is 24.1. The van der Waals surface area contributed by atoms with Gasteiger partial charge in [0.2, 0.25) is 0 Å². The smallest absolute Gasteiger partial charge is 0.410 e. The minimum Gasteiger partial charge on any atom is -0.444 e. The zero-order valence-electron chi connectivity index (χ0n) is 20.7. The Morgan fingerprint density at radius 2 is 2.06 bits per heavy atom. The third-order valence-electron chi connectivity index (χ3n) is 6.11. The van der Waals surface area contributed by atoms with Crippen molar-refractivity contribution in [3.05, 3.63) is 28.2 Å². The number of amides is 1. The van der Waals surface area contributed by atoms with Gasteiger partial charge in [0.05, 0.1) is 19.2 Å². The Kier molecular flexibility index (Phi) is 8.47. The van der Waals surface area contributed by atoms with Gasteiger partial charge >= 0.3 is 6.09 Å². The minimum absolute atomic E-state index is 0.120. The fourth-order valence-corrected chi connectivity index (χ4v) is 5.14. The molecular weight excluding hydrogens is 440 g/mol. The third kappa shape index (κ3) is 6.10. The van der Waals surface area contributed by atoms with E-state index in [1.54, 1.807) is 16.2 Å². The number of tetrazole rings is 1. The first-order chi connectivity index (χ1) is 15.7. The molecule has 0 spiro atoms. The summed E-state index contributed by atoms with van der Waals surface area (Å²) >= 11 is 1.75. The predicted molar refractivity (Wildman–Crippen MR) is 128 cm³/mol. The van der Waals surface area contributed by atoms with Crippen LogP contribution in [0.2, 0.25) is 0 Å². The van der Waals surface area contributed by atoms with Crippen molar-refractivity contribution in [3.8, 4) is 0 Å². The molecule has 1 saturated heterocycles. The van der Waals surface area contributed by atoms with Crippen LogP contribution < -0.4 is 5.32 Å². The second-order valence-electron chi connectivity index (χ2n) is 9.59. The number of ether oxygens (including phenoxy) is 2. The Bertz CT molecular complexity index is 873. The van der Waals surface area contributed by atoms with Gasteiger partial charge in [0.1, 0.15) is 5.60 Å². The van der Waals surface area contributed by atoms with E-state index in [9.17, 15) is 4.79 Å². The Morgan fingerprint density at radius 1 is 1.30 bits per heavy atom. The fraction of sp³-hybridized carbons (Fsp3) is 0.739. The van der Waals surface area contributed by atoms with Gasteiger partial charge in [-0.15, -0.1) is 16.4 Å². The maximum Gasteiger partial charge on any atom is 0.410 e. The van der Waals surface area contributed by atoms with Gasteiger partial charge in [-0.25, -0.2) is 9.48 Å². The predicted octanol–water partition coefficient (Wildman–Crippen LogP) is 4.20. The van der Waals surface area contributed by atoms with Crippen LogP contribution in [0.5, 0.6) is 0 Å². The fourth-order valence-electron chi connectivity index (χ4n) is 4.27. The highest BCUT2D eigenvalue weighted by Crippen LogP contribution is 2.46. The van der Waals surface area contributed by atoms with Crippen LogP contribution in [0.25, 0.3) is 0 Å². The number of nitrogens with one attached hydrogen (secondary N) is 1. The number of hydrogen-bond donors (Lipinski definition) is 1. The van der Waals surface area contributed by atoms with Gasteiger partial charge in [-0.2, -0.15) is 0 Å². The van der Waals surface area contributed by atoms with E-state index in [1.807, 2.05) is 32.4 Å². The molecule has 1 amide bonds. The normalized spacial score (nSPS) is 17.5. The lowest BCUT2D eigenvalue weighted by molar-refractivity contribution is -0.0564. The minimum atomic E-state index is -0.519. The third-order valence-corrected chi connectivity index (χ3v) is 7.10. The van der Waals surface area contributed by atoms with Crippen LogP contribution in [0, 0.1) is 5.41 Å². The van der Waals surface area contributed by atoms with Crippen molar-refractivity contribution in [3.63, 3.8) is 0 Å². The largest absolute Gasteiger partial charge is 0.444 e. The Hall–Kier alpha value is -2.04. The first kappa shape index (κ1) is 25.6. The van der Waals surface area contributed by atoms with E-state index >= 15 is 0 Å². The molecule has 0 aliphatic carbocycles. The SMILES string of the molecule is CCOCCn1nnnc1C(NC(CC)c1cccs1)C1(CC)CN(C(=O)OC(C)(C)C)C1. The number of thiophene rings is 1. The van der Waals surface area contributed by atoms with Crippen LogP contribution in [0.15, 0.2) is 17.5 Å². The summed E-state index contributed by atoms with van der Waals surface area (Å²) in [6.07, 6.45) is 1.54. The molecule has 33 heavy (non-hydrogen) atoms. The summed E-state index contributed by atoms with van der Waals surface area (Å²) in [7, 11) is 0. The molecule has 2 aromatic heterocycles. The number of likely N-dealkylation sites (tertiary alicyclic amines) is 1. The first-order valence-corrected chi connectivity index (χ1v) is 12.7. The summed E-state index contributed by atoms with van der Waals surface area (Å²) in [5.74, 6) is 0.787. The maximum atomic E-state index is 12.7. The van der Waals surface area contributed by atoms with Gasteiger partial charge in [-0.05, 0) is 62.4 Å². The van der Waals surface area contributed by atoms with E-state index in [2.05, 4.69) is 52.2 Å². The highest BCUT2D eigenvalue weighted by Gasteiger charge is 2.53. The molecule has 2 unspecified atom stereocenters. The van der Waals surface area contributed by atoms with E-state index in [0.29, 0.717) is 32.8 Å². The van der Waals surface area contributed by atoms with E-state index in [1.165, 1.54) is 4.88 Å². The van der Waals surface area contributed by atoms with E-state index in [-0.39, 0.29) is 23.6 Å².